The Kier molecular flexibility index (Phi) is 32.0. The van der Waals surface area contributed by atoms with Crippen LogP contribution in [0.5, 0.6) is 0 Å². The highest BCUT2D eigenvalue weighted by atomic mass is 16.8. The number of hydrogen-bond acceptors (Lipinski definition) is 44. The highest BCUT2D eigenvalue weighted by Gasteiger charge is 2.60. The number of aliphatic hydroxyl groups excluding tert-OH is 23. The van der Waals surface area contributed by atoms with Crippen LogP contribution < -0.4 is 21.3 Å². The van der Waals surface area contributed by atoms with E-state index in [-0.39, 0.29) is 0 Å². The topological polar surface area (TPSA) is 739 Å². The zero-order valence-corrected chi connectivity index (χ0v) is 59.8. The fourth-order valence-corrected chi connectivity index (χ4v) is 14.2. The Morgan fingerprint density at radius 1 is 0.255 bits per heavy atom. The van der Waals surface area contributed by atoms with Crippen LogP contribution in [-0.2, 0) is 99.7 Å². The van der Waals surface area contributed by atoms with Gasteiger partial charge < -0.3 is 219 Å². The van der Waals surface area contributed by atoms with E-state index in [1.54, 1.807) is 0 Å². The minimum atomic E-state index is -2.48. The molecule has 9 saturated heterocycles. The van der Waals surface area contributed by atoms with Crippen LogP contribution in [0.3, 0.4) is 0 Å². The van der Waals surface area contributed by atoms with Gasteiger partial charge in [0.25, 0.3) is 0 Å². The van der Waals surface area contributed by atoms with Gasteiger partial charge in [0.15, 0.2) is 56.6 Å². The summed E-state index contributed by atoms with van der Waals surface area (Å²) in [6.07, 6.45) is -80.2. The minimum absolute atomic E-state index is 0.809. The molecule has 45 atom stereocenters. The van der Waals surface area contributed by atoms with Gasteiger partial charge in [0.2, 0.25) is 23.6 Å². The predicted octanol–water partition coefficient (Wildman–Crippen LogP) is -18.0. The summed E-state index contributed by atoms with van der Waals surface area (Å²) in [7, 11) is 0. The molecule has 48 heteroatoms. The van der Waals surface area contributed by atoms with Crippen LogP contribution in [-0.4, -0.2) is 463 Å². The maximum Gasteiger partial charge on any atom is 0.217 e. The molecule has 0 aliphatic carbocycles. The fraction of sp³-hybridized carbons (Fsp3) is 0.935. The van der Waals surface area contributed by atoms with E-state index in [9.17, 15) is 137 Å². The molecule has 9 aliphatic heterocycles. The molecule has 9 heterocycles. The van der Waals surface area contributed by atoms with Crippen molar-refractivity contribution < 1.29 is 217 Å². The first-order valence-electron chi connectivity index (χ1n) is 35.3. The van der Waals surface area contributed by atoms with Gasteiger partial charge in [-0.25, -0.2) is 0 Å². The summed E-state index contributed by atoms with van der Waals surface area (Å²) in [6, 6.07) is -7.35. The molecule has 9 rings (SSSR count). The van der Waals surface area contributed by atoms with E-state index in [1.807, 2.05) is 0 Å². The quantitative estimate of drug-likeness (QED) is 0.0363. The monoisotopic (exact) mass is 1610 g/mol. The van der Waals surface area contributed by atoms with E-state index in [1.165, 1.54) is 13.8 Å². The molecule has 0 aromatic carbocycles. The third-order valence-electron chi connectivity index (χ3n) is 20.3. The van der Waals surface area contributed by atoms with Crippen molar-refractivity contribution in [2.45, 2.75) is 318 Å². The molecule has 0 aromatic heterocycles. The van der Waals surface area contributed by atoms with Crippen LogP contribution in [0.15, 0.2) is 0 Å². The van der Waals surface area contributed by atoms with Gasteiger partial charge in [0.05, 0.1) is 58.5 Å². The summed E-state index contributed by atoms with van der Waals surface area (Å²) in [6.45, 7) is -0.740. The van der Waals surface area contributed by atoms with E-state index in [4.69, 9.17) is 80.5 Å². The van der Waals surface area contributed by atoms with Gasteiger partial charge in [-0.05, 0) is 13.8 Å². The molecule has 9 aliphatic rings. The van der Waals surface area contributed by atoms with Crippen molar-refractivity contribution in [3.05, 3.63) is 0 Å². The molecule has 48 nitrogen and oxygen atoms in total. The Balaban J connectivity index is 0.989. The molecule has 1 unspecified atom stereocenters. The maximum absolute atomic E-state index is 13.1. The van der Waals surface area contributed by atoms with Crippen LogP contribution in [0.2, 0.25) is 0 Å². The molecule has 4 amide bonds. The standard InChI is InChI=1S/C62H104N4O44/c1-14-31(76)41(86)45(90)58(96-14)109-52-43(88)34(79)21(8-68)100-61(52)105-48-23(10-70)102-56(28(39(48)84)64-17(4)73)94-12-25-36(81)50(30(54(93)98-25)66-19(6)75)107-60-47(92)51(37(82)26(104-60)13-95-55-27(63-16(3)72)38(83)33(78)20(7-67)99-55)108-57-29(65-18(5)74)40(85)49(24(11-71)103-57)106-62-53(44(89)35(80)22(9-69)101-62)110-59-46(91)42(87)32(77)15(2)97-59/h14-15,20-62,67-71,76-93H,7-13H2,1-6H3,(H,63,72)(H,64,73)(H,65,74)(H,66,75)/t14-,15-,20+,21+,22+,23+,24+,25+,26+,27+,28+,29+,30+,31+,32+,33+,34-,35-,36+,37-,38+,39+,40+,41+,42+,43-,44-,45-,46-,47+,48+,49+,50+,51-,52+,53+,54?,55+,56+,57-,58-,59-,60-,61-,62-/m0/s1. The second-order valence-corrected chi connectivity index (χ2v) is 28.2. The largest absolute Gasteiger partial charge is 0.394 e. The number of amides is 4. The number of rotatable bonds is 27. The minimum Gasteiger partial charge on any atom is -0.394 e. The molecule has 0 saturated carbocycles. The Morgan fingerprint density at radius 3 is 0.964 bits per heavy atom. The third-order valence-corrected chi connectivity index (χ3v) is 20.3. The number of carbonyl (C=O) groups excluding carboxylic acids is 4. The Bertz CT molecular complexity index is 2940. The zero-order chi connectivity index (χ0) is 81.1. The highest BCUT2D eigenvalue weighted by Crippen LogP contribution is 2.39. The molecule has 0 spiro atoms. The Morgan fingerprint density at radius 2 is 0.555 bits per heavy atom. The smallest absolute Gasteiger partial charge is 0.217 e. The fourth-order valence-electron chi connectivity index (χ4n) is 14.2. The normalized spacial score (nSPS) is 49.6. The number of carbonyl (C=O) groups is 4. The number of aliphatic hydroxyl groups is 23. The SMILES string of the molecule is CC(=O)N[C@H]1[C@H](OC[C@H]2OC(O)[C@H](NC(C)=O)[C@@H](O[C@@H]3O[C@H](CO[C@@H]4O[C@H](CO)[C@@H](O)[C@H](O)[C@H]4NC(C)=O)[C@H](O)[C@H](O[C@@H]4O[C@H](CO)[C@@H](O[C@@H]5O[C@H](CO)[C@H](O)[C@H](O)[C@H]5O[C@@H]5O[C@@H](C)[C@@H](O)[C@@H](O)[C@@H]5O)[C@H](O)[C@H]4NC(C)=O)[C@H]3O)[C@@H]2O)O[C@H](CO)[C@@H](O[C@@H]2O[C@H](CO)[C@H](O)[C@H](O)[C@H]2O[C@@H]2O[C@@H](C)[C@@H](O)[C@@H](O)[C@@H]2O)[C@@H]1O. The van der Waals surface area contributed by atoms with Crippen molar-refractivity contribution in [1.82, 2.24) is 21.3 Å². The van der Waals surface area contributed by atoms with Gasteiger partial charge in [0, 0.05) is 27.7 Å². The third kappa shape index (κ3) is 19.9. The molecular weight excluding hydrogens is 1500 g/mol. The van der Waals surface area contributed by atoms with Gasteiger partial charge in [-0.3, -0.25) is 19.2 Å². The first-order chi connectivity index (χ1) is 51.9. The van der Waals surface area contributed by atoms with E-state index in [0.29, 0.717) is 0 Å². The number of ether oxygens (including phenoxy) is 17. The molecule has 0 bridgehead atoms. The summed E-state index contributed by atoms with van der Waals surface area (Å²) in [5.41, 5.74) is 0. The summed E-state index contributed by atoms with van der Waals surface area (Å²) in [5.74, 6) is -3.59. The van der Waals surface area contributed by atoms with Gasteiger partial charge in [-0.1, -0.05) is 0 Å². The molecule has 110 heavy (non-hydrogen) atoms. The average molecular weight is 1610 g/mol. The summed E-state index contributed by atoms with van der Waals surface area (Å²) in [5, 5.41) is 265. The lowest BCUT2D eigenvalue weighted by molar-refractivity contribution is -0.391. The first kappa shape index (κ1) is 90.2. The van der Waals surface area contributed by atoms with E-state index < -0.39 is 346 Å². The van der Waals surface area contributed by atoms with Crippen LogP contribution in [0.25, 0.3) is 0 Å². The Hall–Kier alpha value is -3.72. The summed E-state index contributed by atoms with van der Waals surface area (Å²) >= 11 is 0. The molecule has 0 radical (unpaired) electrons. The number of nitrogens with one attached hydrogen (secondary N) is 4. The zero-order valence-electron chi connectivity index (χ0n) is 59.8. The van der Waals surface area contributed by atoms with Crippen molar-refractivity contribution in [3.8, 4) is 0 Å². The van der Waals surface area contributed by atoms with Gasteiger partial charge in [-0.15, -0.1) is 0 Å². The van der Waals surface area contributed by atoms with Crippen molar-refractivity contribution >= 4 is 23.6 Å². The van der Waals surface area contributed by atoms with Crippen LogP contribution in [0.4, 0.5) is 0 Å². The molecule has 27 N–H and O–H groups in total. The second-order valence-electron chi connectivity index (χ2n) is 28.2. The van der Waals surface area contributed by atoms with Gasteiger partial charge >= 0.3 is 0 Å². The lowest BCUT2D eigenvalue weighted by Crippen LogP contribution is -2.71. The molecule has 9 fully saturated rings. The van der Waals surface area contributed by atoms with Crippen molar-refractivity contribution in [3.63, 3.8) is 0 Å². The van der Waals surface area contributed by atoms with E-state index in [2.05, 4.69) is 21.3 Å². The van der Waals surface area contributed by atoms with E-state index in [0.717, 1.165) is 27.7 Å². The summed E-state index contributed by atoms with van der Waals surface area (Å²) in [4.78, 5) is 51.4. The van der Waals surface area contributed by atoms with Crippen molar-refractivity contribution in [2.75, 3.05) is 46.2 Å². The molecular formula is C62H104N4O44. The molecule has 0 aromatic rings. The molecule has 636 valence electrons. The lowest BCUT2D eigenvalue weighted by Gasteiger charge is -2.51. The van der Waals surface area contributed by atoms with Crippen molar-refractivity contribution in [2.24, 2.45) is 0 Å². The second kappa shape index (κ2) is 39.0. The van der Waals surface area contributed by atoms with Crippen LogP contribution in [0.1, 0.15) is 41.5 Å². The lowest BCUT2D eigenvalue weighted by atomic mass is 9.93. The first-order valence-corrected chi connectivity index (χ1v) is 35.3. The van der Waals surface area contributed by atoms with Gasteiger partial charge in [-0.2, -0.15) is 0 Å². The maximum atomic E-state index is 13.1. The average Bonchev–Trinajstić information content (AvgIpc) is 0.765. The van der Waals surface area contributed by atoms with Crippen LogP contribution >= 0.6 is 0 Å². The van der Waals surface area contributed by atoms with Crippen molar-refractivity contribution in [1.29, 1.82) is 0 Å². The number of hydrogen-bond donors (Lipinski definition) is 27. The predicted molar refractivity (Wildman–Crippen MR) is 341 cm³/mol. The van der Waals surface area contributed by atoms with E-state index >= 15 is 0 Å². The summed E-state index contributed by atoms with van der Waals surface area (Å²) < 4.78 is 100. The van der Waals surface area contributed by atoms with Crippen LogP contribution in [0, 0.1) is 0 Å². The van der Waals surface area contributed by atoms with Gasteiger partial charge in [0.1, 0.15) is 207 Å². The highest BCUT2D eigenvalue weighted by molar-refractivity contribution is 5.74. The Labute approximate surface area is 624 Å².